The number of fused-ring (bicyclic) bond motifs is 1. The molecule has 0 aliphatic carbocycles. The molecule has 0 aliphatic heterocycles. The molecule has 1 amide bonds. The Morgan fingerprint density at radius 1 is 1.14 bits per heavy atom. The minimum atomic E-state index is -0.229. The Morgan fingerprint density at radius 3 is 2.76 bits per heavy atom. The van der Waals surface area contributed by atoms with Gasteiger partial charge in [0.25, 0.3) is 5.91 Å². The number of aromatic nitrogens is 2. The van der Waals surface area contributed by atoms with E-state index in [1.807, 2.05) is 31.2 Å². The Labute approximate surface area is 126 Å². The number of nitrogens with one attached hydrogen (secondary N) is 1. The Hall–Kier alpha value is -2.46. The molecule has 0 aliphatic rings. The normalized spacial score (nSPS) is 10.6. The van der Waals surface area contributed by atoms with Crippen LogP contribution in [0.1, 0.15) is 15.9 Å². The van der Waals surface area contributed by atoms with E-state index in [0.717, 1.165) is 22.2 Å². The van der Waals surface area contributed by atoms with Crippen LogP contribution in [0.5, 0.6) is 0 Å². The fraction of sp³-hybridized carbons (Fsp3) is 0.0625. The number of rotatable bonds is 2. The summed E-state index contributed by atoms with van der Waals surface area (Å²) in [5.74, 6) is -0.229. The summed E-state index contributed by atoms with van der Waals surface area (Å²) >= 11 is 5.72. The molecule has 0 fully saturated rings. The summed E-state index contributed by atoms with van der Waals surface area (Å²) in [7, 11) is 0. The molecule has 0 unspecified atom stereocenters. The van der Waals surface area contributed by atoms with Crippen molar-refractivity contribution in [1.82, 2.24) is 9.97 Å². The van der Waals surface area contributed by atoms with Crippen LogP contribution in [-0.2, 0) is 0 Å². The molecule has 0 radical (unpaired) electrons. The summed E-state index contributed by atoms with van der Waals surface area (Å²) in [6.07, 6.45) is 3.19. The van der Waals surface area contributed by atoms with Gasteiger partial charge < -0.3 is 5.32 Å². The summed E-state index contributed by atoms with van der Waals surface area (Å²) in [5.41, 5.74) is 3.13. The van der Waals surface area contributed by atoms with E-state index in [4.69, 9.17) is 11.6 Å². The minimum Gasteiger partial charge on any atom is -0.321 e. The first-order valence-electron chi connectivity index (χ1n) is 6.42. The lowest BCUT2D eigenvalue weighted by molar-refractivity contribution is 0.102. The van der Waals surface area contributed by atoms with Crippen LogP contribution in [-0.4, -0.2) is 15.9 Å². The van der Waals surface area contributed by atoms with Gasteiger partial charge in [0.1, 0.15) is 5.15 Å². The Kier molecular flexibility index (Phi) is 3.54. The molecule has 2 heterocycles. The highest BCUT2D eigenvalue weighted by Gasteiger charge is 2.10. The number of hydrogen-bond acceptors (Lipinski definition) is 3. The first kappa shape index (κ1) is 13.5. The van der Waals surface area contributed by atoms with E-state index in [-0.39, 0.29) is 5.91 Å². The number of pyridine rings is 2. The first-order chi connectivity index (χ1) is 10.1. The summed E-state index contributed by atoms with van der Waals surface area (Å²) in [4.78, 5) is 20.5. The maximum Gasteiger partial charge on any atom is 0.257 e. The molecule has 104 valence electrons. The summed E-state index contributed by atoms with van der Waals surface area (Å²) in [6.45, 7) is 1.99. The van der Waals surface area contributed by atoms with Crippen molar-refractivity contribution in [1.29, 1.82) is 0 Å². The minimum absolute atomic E-state index is 0.229. The third-order valence-corrected chi connectivity index (χ3v) is 3.43. The Bertz CT molecular complexity index is 815. The first-order valence-corrected chi connectivity index (χ1v) is 6.80. The number of nitrogens with zero attached hydrogens (tertiary/aromatic N) is 2. The van der Waals surface area contributed by atoms with E-state index in [1.54, 1.807) is 18.3 Å². The second-order valence-corrected chi connectivity index (χ2v) is 5.04. The number of carbonyl (C=O) groups is 1. The monoisotopic (exact) mass is 297 g/mol. The third-order valence-electron chi connectivity index (χ3n) is 3.21. The van der Waals surface area contributed by atoms with Crippen LogP contribution in [0.4, 0.5) is 5.69 Å². The van der Waals surface area contributed by atoms with E-state index < -0.39 is 0 Å². The summed E-state index contributed by atoms with van der Waals surface area (Å²) < 4.78 is 0. The lowest BCUT2D eigenvalue weighted by atomic mass is 10.1. The third kappa shape index (κ3) is 2.71. The smallest absolute Gasteiger partial charge is 0.257 e. The molecular weight excluding hydrogens is 286 g/mol. The topological polar surface area (TPSA) is 54.9 Å². The lowest BCUT2D eigenvalue weighted by Gasteiger charge is -2.10. The van der Waals surface area contributed by atoms with Crippen molar-refractivity contribution in [2.45, 2.75) is 6.92 Å². The van der Waals surface area contributed by atoms with Crippen molar-refractivity contribution < 1.29 is 4.79 Å². The second-order valence-electron chi connectivity index (χ2n) is 4.65. The number of anilines is 1. The number of benzene rings is 1. The number of carbonyl (C=O) groups excluding carboxylic acids is 1. The van der Waals surface area contributed by atoms with Crippen molar-refractivity contribution in [3.05, 3.63) is 65.1 Å². The van der Waals surface area contributed by atoms with Crippen LogP contribution in [0.3, 0.4) is 0 Å². The molecule has 3 rings (SSSR count). The van der Waals surface area contributed by atoms with Crippen LogP contribution in [0.15, 0.2) is 48.8 Å². The zero-order valence-corrected chi connectivity index (χ0v) is 12.1. The zero-order valence-electron chi connectivity index (χ0n) is 11.3. The van der Waals surface area contributed by atoms with Crippen molar-refractivity contribution in [3.63, 3.8) is 0 Å². The largest absolute Gasteiger partial charge is 0.321 e. The molecule has 0 atom stereocenters. The van der Waals surface area contributed by atoms with E-state index in [1.165, 1.54) is 6.20 Å². The highest BCUT2D eigenvalue weighted by molar-refractivity contribution is 6.29. The van der Waals surface area contributed by atoms with Gasteiger partial charge in [0.2, 0.25) is 0 Å². The van der Waals surface area contributed by atoms with E-state index >= 15 is 0 Å². The van der Waals surface area contributed by atoms with Crippen LogP contribution in [0.2, 0.25) is 5.15 Å². The lowest BCUT2D eigenvalue weighted by Crippen LogP contribution is -2.12. The Morgan fingerprint density at radius 2 is 2.00 bits per heavy atom. The molecule has 1 aromatic carbocycles. The van der Waals surface area contributed by atoms with Gasteiger partial charge in [-0.25, -0.2) is 4.98 Å². The maximum atomic E-state index is 12.2. The highest BCUT2D eigenvalue weighted by Crippen LogP contribution is 2.25. The van der Waals surface area contributed by atoms with Crippen molar-refractivity contribution in [2.24, 2.45) is 0 Å². The molecule has 0 saturated carbocycles. The van der Waals surface area contributed by atoms with Crippen LogP contribution < -0.4 is 5.32 Å². The molecule has 0 spiro atoms. The quantitative estimate of drug-likeness (QED) is 0.731. The fourth-order valence-corrected chi connectivity index (χ4v) is 2.24. The number of aryl methyl sites for hydroxylation is 1. The molecule has 2 aromatic heterocycles. The van der Waals surface area contributed by atoms with Gasteiger partial charge in [0, 0.05) is 17.8 Å². The SMILES string of the molecule is Cc1ccc(NC(=O)c2ccc(Cl)nc2)c2cccnc12. The van der Waals surface area contributed by atoms with Gasteiger partial charge in [-0.1, -0.05) is 17.7 Å². The van der Waals surface area contributed by atoms with E-state index in [2.05, 4.69) is 15.3 Å². The molecule has 0 saturated heterocycles. The van der Waals surface area contributed by atoms with E-state index in [9.17, 15) is 4.79 Å². The maximum absolute atomic E-state index is 12.2. The van der Waals surface area contributed by atoms with Crippen LogP contribution in [0.25, 0.3) is 10.9 Å². The predicted octanol–water partition coefficient (Wildman–Crippen LogP) is 3.84. The van der Waals surface area contributed by atoms with Gasteiger partial charge >= 0.3 is 0 Å². The van der Waals surface area contributed by atoms with Gasteiger partial charge in [-0.2, -0.15) is 0 Å². The van der Waals surface area contributed by atoms with Crippen LogP contribution in [0, 0.1) is 6.92 Å². The molecule has 0 bridgehead atoms. The molecule has 4 nitrogen and oxygen atoms in total. The van der Waals surface area contributed by atoms with Gasteiger partial charge in [-0.15, -0.1) is 0 Å². The average molecular weight is 298 g/mol. The fourth-order valence-electron chi connectivity index (χ4n) is 2.13. The predicted molar refractivity (Wildman–Crippen MR) is 83.7 cm³/mol. The molecule has 3 aromatic rings. The second kappa shape index (κ2) is 5.50. The van der Waals surface area contributed by atoms with Gasteiger partial charge in [0.05, 0.1) is 16.8 Å². The number of halogens is 1. The molecule has 21 heavy (non-hydrogen) atoms. The molecular formula is C16H12ClN3O. The molecule has 1 N–H and O–H groups in total. The van der Waals surface area contributed by atoms with E-state index in [0.29, 0.717) is 10.7 Å². The standard InChI is InChI=1S/C16H12ClN3O/c1-10-4-6-13(12-3-2-8-18-15(10)12)20-16(21)11-5-7-14(17)19-9-11/h2-9H,1H3,(H,20,21). The van der Waals surface area contributed by atoms with Crippen LogP contribution >= 0.6 is 11.6 Å². The van der Waals surface area contributed by atoms with Gasteiger partial charge in [-0.3, -0.25) is 9.78 Å². The number of amides is 1. The van der Waals surface area contributed by atoms with Gasteiger partial charge in [0.15, 0.2) is 0 Å². The zero-order chi connectivity index (χ0) is 14.8. The number of hydrogen-bond donors (Lipinski definition) is 1. The Balaban J connectivity index is 1.97. The average Bonchev–Trinajstić information content (AvgIpc) is 2.51. The van der Waals surface area contributed by atoms with Crippen molar-refractivity contribution >= 4 is 34.1 Å². The van der Waals surface area contributed by atoms with Crippen molar-refractivity contribution in [3.8, 4) is 0 Å². The summed E-state index contributed by atoms with van der Waals surface area (Å²) in [6, 6.07) is 10.8. The van der Waals surface area contributed by atoms with Gasteiger partial charge in [-0.05, 0) is 42.8 Å². The van der Waals surface area contributed by atoms with Crippen molar-refractivity contribution in [2.75, 3.05) is 5.32 Å². The molecule has 5 heteroatoms. The highest BCUT2D eigenvalue weighted by atomic mass is 35.5. The summed E-state index contributed by atoms with van der Waals surface area (Å²) in [5, 5.41) is 4.15.